The van der Waals surface area contributed by atoms with E-state index in [1.165, 1.54) is 6.42 Å². The molecule has 0 N–H and O–H groups in total. The van der Waals surface area contributed by atoms with Gasteiger partial charge in [-0.15, -0.1) is 0 Å². The predicted molar refractivity (Wildman–Crippen MR) is 44.7 cm³/mol. The van der Waals surface area contributed by atoms with Crippen LogP contribution in [0.25, 0.3) is 0 Å². The standard InChI is InChI=1S/C10H14O2/c11-7-10-6-2-1-3-8(10)4-5-9(10)12/h7-8H,1-6H2. The lowest BCUT2D eigenvalue weighted by atomic mass is 9.69. The molecule has 0 heterocycles. The molecule has 2 aliphatic carbocycles. The zero-order valence-corrected chi connectivity index (χ0v) is 7.21. The lowest BCUT2D eigenvalue weighted by molar-refractivity contribution is -0.135. The number of rotatable bonds is 1. The molecule has 2 fully saturated rings. The Morgan fingerprint density at radius 3 is 2.83 bits per heavy atom. The van der Waals surface area contributed by atoms with Crippen molar-refractivity contribution in [2.24, 2.45) is 11.3 Å². The molecule has 0 aliphatic heterocycles. The largest absolute Gasteiger partial charge is 0.302 e. The zero-order valence-electron chi connectivity index (χ0n) is 7.21. The van der Waals surface area contributed by atoms with Crippen LogP contribution in [-0.2, 0) is 9.59 Å². The number of fused-ring (bicyclic) bond motifs is 1. The quantitative estimate of drug-likeness (QED) is 0.439. The summed E-state index contributed by atoms with van der Waals surface area (Å²) >= 11 is 0. The first-order valence-electron chi connectivity index (χ1n) is 4.79. The molecule has 12 heavy (non-hydrogen) atoms. The van der Waals surface area contributed by atoms with Gasteiger partial charge in [-0.3, -0.25) is 4.79 Å². The summed E-state index contributed by atoms with van der Waals surface area (Å²) in [6.45, 7) is 0. The zero-order chi connectivity index (χ0) is 8.60. The highest BCUT2D eigenvalue weighted by Crippen LogP contribution is 2.48. The van der Waals surface area contributed by atoms with Crippen molar-refractivity contribution in [1.29, 1.82) is 0 Å². The van der Waals surface area contributed by atoms with Crippen molar-refractivity contribution in [3.63, 3.8) is 0 Å². The van der Waals surface area contributed by atoms with E-state index in [0.29, 0.717) is 12.3 Å². The number of Topliss-reactive ketones (excluding diaryl/α,β-unsaturated/α-hetero) is 1. The fourth-order valence-corrected chi connectivity index (χ4v) is 2.80. The van der Waals surface area contributed by atoms with E-state index >= 15 is 0 Å². The molecule has 0 spiro atoms. The van der Waals surface area contributed by atoms with E-state index in [1.54, 1.807) is 0 Å². The van der Waals surface area contributed by atoms with Gasteiger partial charge < -0.3 is 4.79 Å². The van der Waals surface area contributed by atoms with Gasteiger partial charge in [-0.25, -0.2) is 0 Å². The number of ketones is 1. The molecule has 0 saturated heterocycles. The minimum atomic E-state index is -0.530. The van der Waals surface area contributed by atoms with E-state index in [0.717, 1.165) is 32.0 Å². The van der Waals surface area contributed by atoms with Crippen molar-refractivity contribution >= 4 is 12.1 Å². The second kappa shape index (κ2) is 2.68. The Morgan fingerprint density at radius 1 is 1.33 bits per heavy atom. The minimum absolute atomic E-state index is 0.210. The van der Waals surface area contributed by atoms with Gasteiger partial charge in [0.25, 0.3) is 0 Å². The summed E-state index contributed by atoms with van der Waals surface area (Å²) in [6.07, 6.45) is 6.70. The molecular formula is C10H14O2. The first-order valence-corrected chi connectivity index (χ1v) is 4.79. The van der Waals surface area contributed by atoms with E-state index in [2.05, 4.69) is 0 Å². The highest BCUT2D eigenvalue weighted by Gasteiger charge is 2.50. The van der Waals surface area contributed by atoms with Crippen molar-refractivity contribution in [1.82, 2.24) is 0 Å². The van der Waals surface area contributed by atoms with Crippen molar-refractivity contribution in [3.8, 4) is 0 Å². The Morgan fingerprint density at radius 2 is 2.17 bits per heavy atom. The van der Waals surface area contributed by atoms with E-state index in [9.17, 15) is 9.59 Å². The van der Waals surface area contributed by atoms with E-state index in [4.69, 9.17) is 0 Å². The van der Waals surface area contributed by atoms with Gasteiger partial charge in [0.05, 0.1) is 5.41 Å². The van der Waals surface area contributed by atoms with Crippen LogP contribution in [-0.4, -0.2) is 12.1 Å². The summed E-state index contributed by atoms with van der Waals surface area (Å²) in [7, 11) is 0. The topological polar surface area (TPSA) is 34.1 Å². The van der Waals surface area contributed by atoms with E-state index in [-0.39, 0.29) is 5.78 Å². The highest BCUT2D eigenvalue weighted by atomic mass is 16.1. The van der Waals surface area contributed by atoms with Crippen LogP contribution in [0.15, 0.2) is 0 Å². The molecule has 2 heteroatoms. The summed E-state index contributed by atoms with van der Waals surface area (Å²) < 4.78 is 0. The fourth-order valence-electron chi connectivity index (χ4n) is 2.80. The first kappa shape index (κ1) is 7.96. The molecule has 0 aromatic carbocycles. The molecule has 0 bridgehead atoms. The number of aldehydes is 1. The Hall–Kier alpha value is -0.660. The molecule has 0 amide bonds. The second-order valence-corrected chi connectivity index (χ2v) is 4.06. The molecule has 2 atom stereocenters. The van der Waals surface area contributed by atoms with Crippen LogP contribution in [0.4, 0.5) is 0 Å². The van der Waals surface area contributed by atoms with Crippen LogP contribution in [0.2, 0.25) is 0 Å². The summed E-state index contributed by atoms with van der Waals surface area (Å²) in [5.41, 5.74) is -0.530. The molecule has 2 aliphatic rings. The summed E-state index contributed by atoms with van der Waals surface area (Å²) in [5.74, 6) is 0.596. The summed E-state index contributed by atoms with van der Waals surface area (Å²) in [5, 5.41) is 0. The number of hydrogen-bond donors (Lipinski definition) is 0. The highest BCUT2D eigenvalue weighted by molar-refractivity contribution is 6.00. The van der Waals surface area contributed by atoms with Gasteiger partial charge in [-0.1, -0.05) is 12.8 Å². The molecular weight excluding hydrogens is 152 g/mol. The molecule has 2 unspecified atom stereocenters. The average molecular weight is 166 g/mol. The monoisotopic (exact) mass is 166 g/mol. The molecule has 2 saturated carbocycles. The Balaban J connectivity index is 2.30. The van der Waals surface area contributed by atoms with Gasteiger partial charge in [0.15, 0.2) is 0 Å². The van der Waals surface area contributed by atoms with Gasteiger partial charge in [0.1, 0.15) is 12.1 Å². The molecule has 0 aromatic rings. The van der Waals surface area contributed by atoms with Crippen LogP contribution < -0.4 is 0 Å². The van der Waals surface area contributed by atoms with Crippen LogP contribution in [0.3, 0.4) is 0 Å². The SMILES string of the molecule is O=CC12CCCCC1CCC2=O. The molecule has 66 valence electrons. The van der Waals surface area contributed by atoms with Crippen molar-refractivity contribution < 1.29 is 9.59 Å². The average Bonchev–Trinajstić information content (AvgIpc) is 2.45. The predicted octanol–water partition coefficient (Wildman–Crippen LogP) is 1.72. The molecule has 0 radical (unpaired) electrons. The summed E-state index contributed by atoms with van der Waals surface area (Å²) in [6, 6.07) is 0. The van der Waals surface area contributed by atoms with Gasteiger partial charge in [0.2, 0.25) is 0 Å². The first-order chi connectivity index (χ1) is 5.79. The van der Waals surface area contributed by atoms with Crippen LogP contribution in [0.1, 0.15) is 38.5 Å². The number of carbonyl (C=O) groups excluding carboxylic acids is 2. The van der Waals surface area contributed by atoms with Gasteiger partial charge in [-0.2, -0.15) is 0 Å². The number of carbonyl (C=O) groups is 2. The van der Waals surface area contributed by atoms with Gasteiger partial charge >= 0.3 is 0 Å². The van der Waals surface area contributed by atoms with E-state index in [1.807, 2.05) is 0 Å². The third-order valence-electron chi connectivity index (χ3n) is 3.57. The normalized spacial score (nSPS) is 41.0. The third-order valence-corrected chi connectivity index (χ3v) is 3.57. The Kier molecular flexibility index (Phi) is 1.78. The van der Waals surface area contributed by atoms with E-state index < -0.39 is 5.41 Å². The number of hydrogen-bond acceptors (Lipinski definition) is 2. The fraction of sp³-hybridized carbons (Fsp3) is 0.800. The minimum Gasteiger partial charge on any atom is -0.302 e. The lowest BCUT2D eigenvalue weighted by Crippen LogP contribution is -2.36. The lowest BCUT2D eigenvalue weighted by Gasteiger charge is -2.32. The third kappa shape index (κ3) is 0.869. The smallest absolute Gasteiger partial charge is 0.146 e. The Labute approximate surface area is 72.3 Å². The van der Waals surface area contributed by atoms with Crippen LogP contribution in [0.5, 0.6) is 0 Å². The maximum Gasteiger partial charge on any atom is 0.146 e. The van der Waals surface area contributed by atoms with Crippen LogP contribution in [0, 0.1) is 11.3 Å². The molecule has 0 aromatic heterocycles. The van der Waals surface area contributed by atoms with Gasteiger partial charge in [0, 0.05) is 6.42 Å². The summed E-state index contributed by atoms with van der Waals surface area (Å²) in [4.78, 5) is 22.5. The Bertz CT molecular complexity index is 222. The molecule has 2 nitrogen and oxygen atoms in total. The van der Waals surface area contributed by atoms with Gasteiger partial charge in [-0.05, 0) is 25.2 Å². The maximum absolute atomic E-state index is 11.5. The maximum atomic E-state index is 11.5. The van der Waals surface area contributed by atoms with Crippen molar-refractivity contribution in [2.75, 3.05) is 0 Å². The van der Waals surface area contributed by atoms with Crippen LogP contribution >= 0.6 is 0 Å². The second-order valence-electron chi connectivity index (χ2n) is 4.06. The molecule has 2 rings (SSSR count). The van der Waals surface area contributed by atoms with Crippen molar-refractivity contribution in [3.05, 3.63) is 0 Å². The van der Waals surface area contributed by atoms with Crippen molar-refractivity contribution in [2.45, 2.75) is 38.5 Å².